The van der Waals surface area contributed by atoms with Gasteiger partial charge < -0.3 is 14.2 Å². The zero-order chi connectivity index (χ0) is 10.4. The molecular formula is C10H15O3P. The minimum absolute atomic E-state index is 0.261. The van der Waals surface area contributed by atoms with Gasteiger partial charge in [0.25, 0.3) is 0 Å². The van der Waals surface area contributed by atoms with Crippen LogP contribution in [0.25, 0.3) is 0 Å². The van der Waals surface area contributed by atoms with Crippen molar-refractivity contribution in [2.24, 2.45) is 0 Å². The normalized spacial score (nSPS) is 10.8. The van der Waals surface area contributed by atoms with Crippen molar-refractivity contribution in [2.45, 2.75) is 13.8 Å². The van der Waals surface area contributed by atoms with Crippen LogP contribution in [0.1, 0.15) is 13.8 Å². The second-order valence-corrected chi connectivity index (χ2v) is 4.16. The van der Waals surface area contributed by atoms with Gasteiger partial charge in [-0.05, 0) is 38.1 Å². The molecule has 0 aromatic heterocycles. The average Bonchev–Trinajstić information content (AvgIpc) is 2.19. The third-order valence-electron chi connectivity index (χ3n) is 1.55. The lowest BCUT2D eigenvalue weighted by Crippen LogP contribution is -2.05. The fraction of sp³-hybridized carbons (Fsp3) is 0.400. The Labute approximate surface area is 85.6 Å². The van der Waals surface area contributed by atoms with E-state index in [1.807, 2.05) is 26.0 Å². The molecule has 0 spiro atoms. The lowest BCUT2D eigenvalue weighted by molar-refractivity contribution is 0.277. The van der Waals surface area contributed by atoms with Gasteiger partial charge in [0.2, 0.25) is 8.38 Å². The summed E-state index contributed by atoms with van der Waals surface area (Å²) in [5.41, 5.74) is 0. The van der Waals surface area contributed by atoms with Gasteiger partial charge in [0, 0.05) is 5.30 Å². The molecule has 0 aliphatic rings. The molecule has 1 aromatic rings. The van der Waals surface area contributed by atoms with E-state index < -0.39 is 8.38 Å². The molecule has 0 amide bonds. The molecule has 4 heteroatoms. The lowest BCUT2D eigenvalue weighted by atomic mass is 10.3. The Balaban J connectivity index is 2.71. The lowest BCUT2D eigenvalue weighted by Gasteiger charge is -2.15. The molecule has 0 atom stereocenters. The zero-order valence-electron chi connectivity index (χ0n) is 8.43. The van der Waals surface area contributed by atoms with Crippen LogP contribution >= 0.6 is 8.38 Å². The predicted molar refractivity (Wildman–Crippen MR) is 57.9 cm³/mol. The van der Waals surface area contributed by atoms with Gasteiger partial charge in [0.1, 0.15) is 5.75 Å². The summed E-state index contributed by atoms with van der Waals surface area (Å²) >= 11 is 0. The molecule has 14 heavy (non-hydrogen) atoms. The van der Waals surface area contributed by atoms with Crippen molar-refractivity contribution >= 4 is 13.7 Å². The van der Waals surface area contributed by atoms with Crippen LogP contribution in [0.4, 0.5) is 0 Å². The van der Waals surface area contributed by atoms with Crippen molar-refractivity contribution < 1.29 is 14.2 Å². The second-order valence-electron chi connectivity index (χ2n) is 2.61. The summed E-state index contributed by atoms with van der Waals surface area (Å²) in [4.78, 5) is 0. The van der Waals surface area contributed by atoms with Gasteiger partial charge in [-0.25, -0.2) is 0 Å². The van der Waals surface area contributed by atoms with Crippen molar-refractivity contribution in [2.75, 3.05) is 13.2 Å². The van der Waals surface area contributed by atoms with E-state index >= 15 is 0 Å². The molecule has 1 N–H and O–H groups in total. The van der Waals surface area contributed by atoms with E-state index in [2.05, 4.69) is 0 Å². The fourth-order valence-corrected chi connectivity index (χ4v) is 2.23. The first kappa shape index (κ1) is 11.4. The zero-order valence-corrected chi connectivity index (χ0v) is 9.33. The van der Waals surface area contributed by atoms with E-state index in [0.717, 1.165) is 5.30 Å². The van der Waals surface area contributed by atoms with Crippen molar-refractivity contribution in [3.05, 3.63) is 24.3 Å². The topological polar surface area (TPSA) is 38.7 Å². The highest BCUT2D eigenvalue weighted by molar-refractivity contribution is 7.56. The second kappa shape index (κ2) is 5.97. The van der Waals surface area contributed by atoms with Gasteiger partial charge in [0.15, 0.2) is 0 Å². The maximum atomic E-state index is 9.12. The van der Waals surface area contributed by atoms with E-state index in [1.165, 1.54) is 0 Å². The fourth-order valence-electron chi connectivity index (χ4n) is 0.995. The Morgan fingerprint density at radius 1 is 1.07 bits per heavy atom. The number of hydrogen-bond donors (Lipinski definition) is 1. The molecule has 0 fully saturated rings. The molecule has 0 radical (unpaired) electrons. The molecule has 0 heterocycles. The standard InChI is InChI=1S/C10H15O3P/c1-3-12-14(13-4-2)10-7-5-9(11)6-8-10/h5-8,11H,3-4H2,1-2H3. The molecule has 0 unspecified atom stereocenters. The molecule has 0 aliphatic carbocycles. The first-order chi connectivity index (χ1) is 6.77. The van der Waals surface area contributed by atoms with Gasteiger partial charge in [-0.15, -0.1) is 0 Å². The van der Waals surface area contributed by atoms with Gasteiger partial charge >= 0.3 is 0 Å². The van der Waals surface area contributed by atoms with Gasteiger partial charge in [-0.1, -0.05) is 0 Å². The molecule has 0 saturated heterocycles. The molecule has 78 valence electrons. The minimum Gasteiger partial charge on any atom is -0.508 e. The Kier molecular flexibility index (Phi) is 4.88. The van der Waals surface area contributed by atoms with E-state index in [4.69, 9.17) is 14.2 Å². The van der Waals surface area contributed by atoms with Crippen molar-refractivity contribution in [1.82, 2.24) is 0 Å². The summed E-state index contributed by atoms with van der Waals surface area (Å²) in [6, 6.07) is 6.93. The van der Waals surface area contributed by atoms with Crippen LogP contribution in [0.5, 0.6) is 5.75 Å². The number of benzene rings is 1. The van der Waals surface area contributed by atoms with E-state index in [9.17, 15) is 0 Å². The summed E-state index contributed by atoms with van der Waals surface area (Å²) < 4.78 is 10.9. The van der Waals surface area contributed by atoms with Crippen LogP contribution in [0, 0.1) is 0 Å². The van der Waals surface area contributed by atoms with Crippen LogP contribution < -0.4 is 5.30 Å². The highest BCUT2D eigenvalue weighted by atomic mass is 31.2. The van der Waals surface area contributed by atoms with Crippen LogP contribution in [0.2, 0.25) is 0 Å². The quantitative estimate of drug-likeness (QED) is 0.765. The van der Waals surface area contributed by atoms with E-state index in [0.29, 0.717) is 13.2 Å². The maximum absolute atomic E-state index is 9.12. The van der Waals surface area contributed by atoms with E-state index in [-0.39, 0.29) is 5.75 Å². The predicted octanol–water partition coefficient (Wildman–Crippen LogP) is 2.40. The summed E-state index contributed by atoms with van der Waals surface area (Å²) in [6.45, 7) is 5.14. The Morgan fingerprint density at radius 2 is 1.57 bits per heavy atom. The monoisotopic (exact) mass is 214 g/mol. The molecule has 1 aromatic carbocycles. The van der Waals surface area contributed by atoms with Crippen LogP contribution in [0.15, 0.2) is 24.3 Å². The molecule has 0 aliphatic heterocycles. The summed E-state index contributed by atoms with van der Waals surface area (Å²) in [6.07, 6.45) is 0. The number of phenols is 1. The number of aromatic hydroxyl groups is 1. The maximum Gasteiger partial charge on any atom is 0.205 e. The number of phenolic OH excluding ortho intramolecular Hbond substituents is 1. The Hall–Kier alpha value is -0.630. The Bertz CT molecular complexity index is 255. The van der Waals surface area contributed by atoms with Crippen LogP contribution in [0.3, 0.4) is 0 Å². The Morgan fingerprint density at radius 3 is 2.00 bits per heavy atom. The van der Waals surface area contributed by atoms with Crippen LogP contribution in [-0.2, 0) is 9.05 Å². The smallest absolute Gasteiger partial charge is 0.205 e. The van der Waals surface area contributed by atoms with Gasteiger partial charge in [-0.3, -0.25) is 0 Å². The summed E-state index contributed by atoms with van der Waals surface area (Å²) in [5, 5.41) is 10.1. The number of hydrogen-bond acceptors (Lipinski definition) is 3. The van der Waals surface area contributed by atoms with Crippen LogP contribution in [-0.4, -0.2) is 18.3 Å². The third kappa shape index (κ3) is 3.26. The first-order valence-electron chi connectivity index (χ1n) is 4.63. The van der Waals surface area contributed by atoms with Gasteiger partial charge in [0.05, 0.1) is 13.2 Å². The molecule has 1 rings (SSSR count). The SMILES string of the molecule is CCOP(OCC)c1ccc(O)cc1. The summed E-state index contributed by atoms with van der Waals surface area (Å²) in [7, 11) is -0.979. The van der Waals surface area contributed by atoms with Crippen molar-refractivity contribution in [3.63, 3.8) is 0 Å². The largest absolute Gasteiger partial charge is 0.508 e. The first-order valence-corrected chi connectivity index (χ1v) is 5.80. The average molecular weight is 214 g/mol. The van der Waals surface area contributed by atoms with E-state index in [1.54, 1.807) is 12.1 Å². The highest BCUT2D eigenvalue weighted by Gasteiger charge is 2.11. The van der Waals surface area contributed by atoms with Crippen molar-refractivity contribution in [3.8, 4) is 5.75 Å². The molecular weight excluding hydrogens is 199 g/mol. The molecule has 3 nitrogen and oxygen atoms in total. The summed E-state index contributed by atoms with van der Waals surface area (Å²) in [5.74, 6) is 0.261. The van der Waals surface area contributed by atoms with Gasteiger partial charge in [-0.2, -0.15) is 0 Å². The van der Waals surface area contributed by atoms with Crippen molar-refractivity contribution in [1.29, 1.82) is 0 Å². The molecule has 0 saturated carbocycles. The highest BCUT2D eigenvalue weighted by Crippen LogP contribution is 2.36. The number of rotatable bonds is 5. The molecule has 0 bridgehead atoms. The third-order valence-corrected chi connectivity index (χ3v) is 3.26. The minimum atomic E-state index is -0.979.